The summed E-state index contributed by atoms with van der Waals surface area (Å²) in [6.07, 6.45) is 7.09. The SMILES string of the molecule is CN(C(=O)C1CCCN(Cc2cccnc2)C1)c1ccon1. The zero-order valence-electron chi connectivity index (χ0n) is 12.7. The van der Waals surface area contributed by atoms with Crippen molar-refractivity contribution in [2.45, 2.75) is 19.4 Å². The molecule has 0 bridgehead atoms. The van der Waals surface area contributed by atoms with E-state index in [-0.39, 0.29) is 11.8 Å². The molecular weight excluding hydrogens is 280 g/mol. The minimum atomic E-state index is 0.00659. The van der Waals surface area contributed by atoms with Gasteiger partial charge in [-0.15, -0.1) is 0 Å². The van der Waals surface area contributed by atoms with E-state index in [1.165, 1.54) is 11.8 Å². The molecule has 0 spiro atoms. The van der Waals surface area contributed by atoms with Crippen LogP contribution in [-0.2, 0) is 11.3 Å². The molecule has 0 radical (unpaired) electrons. The molecule has 1 unspecified atom stereocenters. The predicted molar refractivity (Wildman–Crippen MR) is 82.2 cm³/mol. The molecule has 3 rings (SSSR count). The first-order valence-electron chi connectivity index (χ1n) is 7.53. The van der Waals surface area contributed by atoms with Crippen molar-refractivity contribution in [2.75, 3.05) is 25.0 Å². The number of hydrogen-bond acceptors (Lipinski definition) is 5. The monoisotopic (exact) mass is 300 g/mol. The number of piperidine rings is 1. The molecule has 0 N–H and O–H groups in total. The Kier molecular flexibility index (Phi) is 4.48. The number of carbonyl (C=O) groups is 1. The molecule has 1 saturated heterocycles. The Balaban J connectivity index is 1.61. The third kappa shape index (κ3) is 3.33. The number of anilines is 1. The summed E-state index contributed by atoms with van der Waals surface area (Å²) in [4.78, 5) is 20.6. The zero-order valence-corrected chi connectivity index (χ0v) is 12.7. The average molecular weight is 300 g/mol. The summed E-state index contributed by atoms with van der Waals surface area (Å²) in [5.41, 5.74) is 1.18. The van der Waals surface area contributed by atoms with Crippen molar-refractivity contribution in [2.24, 2.45) is 5.92 Å². The van der Waals surface area contributed by atoms with E-state index in [0.29, 0.717) is 5.82 Å². The lowest BCUT2D eigenvalue weighted by Crippen LogP contribution is -2.43. The molecule has 2 aromatic heterocycles. The number of hydrogen-bond donors (Lipinski definition) is 0. The van der Waals surface area contributed by atoms with Crippen LogP contribution >= 0.6 is 0 Å². The van der Waals surface area contributed by atoms with Gasteiger partial charge in [-0.3, -0.25) is 19.6 Å². The summed E-state index contributed by atoms with van der Waals surface area (Å²) in [5.74, 6) is 0.672. The van der Waals surface area contributed by atoms with Crippen LogP contribution in [0.4, 0.5) is 5.82 Å². The summed E-state index contributed by atoms with van der Waals surface area (Å²) in [6, 6.07) is 5.72. The van der Waals surface area contributed by atoms with Crippen molar-refractivity contribution in [3.05, 3.63) is 42.4 Å². The van der Waals surface area contributed by atoms with Gasteiger partial charge < -0.3 is 4.52 Å². The summed E-state index contributed by atoms with van der Waals surface area (Å²) in [6.45, 7) is 2.63. The lowest BCUT2D eigenvalue weighted by Gasteiger charge is -2.33. The van der Waals surface area contributed by atoms with Gasteiger partial charge in [-0.25, -0.2) is 0 Å². The molecule has 6 heteroatoms. The van der Waals surface area contributed by atoms with Gasteiger partial charge in [0.25, 0.3) is 0 Å². The molecule has 116 valence electrons. The lowest BCUT2D eigenvalue weighted by atomic mass is 9.96. The van der Waals surface area contributed by atoms with Crippen LogP contribution in [-0.4, -0.2) is 41.1 Å². The molecule has 1 fully saturated rings. The maximum absolute atomic E-state index is 12.6. The topological polar surface area (TPSA) is 62.5 Å². The fraction of sp³-hybridized carbons (Fsp3) is 0.438. The summed E-state index contributed by atoms with van der Waals surface area (Å²) >= 11 is 0. The zero-order chi connectivity index (χ0) is 15.4. The Labute approximate surface area is 129 Å². The van der Waals surface area contributed by atoms with Gasteiger partial charge in [-0.05, 0) is 31.0 Å². The first-order valence-corrected chi connectivity index (χ1v) is 7.53. The van der Waals surface area contributed by atoms with Crippen LogP contribution in [0.1, 0.15) is 18.4 Å². The van der Waals surface area contributed by atoms with E-state index < -0.39 is 0 Å². The molecule has 1 aliphatic rings. The fourth-order valence-electron chi connectivity index (χ4n) is 2.92. The Morgan fingerprint density at radius 1 is 1.50 bits per heavy atom. The number of nitrogens with zero attached hydrogens (tertiary/aromatic N) is 4. The highest BCUT2D eigenvalue weighted by Gasteiger charge is 2.29. The molecule has 1 aliphatic heterocycles. The third-order valence-corrected chi connectivity index (χ3v) is 4.08. The largest absolute Gasteiger partial charge is 0.363 e. The minimum Gasteiger partial charge on any atom is -0.363 e. The van der Waals surface area contributed by atoms with Crippen molar-refractivity contribution in [1.29, 1.82) is 0 Å². The van der Waals surface area contributed by atoms with E-state index in [1.807, 2.05) is 12.3 Å². The predicted octanol–water partition coefficient (Wildman–Crippen LogP) is 1.94. The highest BCUT2D eigenvalue weighted by Crippen LogP contribution is 2.22. The van der Waals surface area contributed by atoms with Gasteiger partial charge in [0.2, 0.25) is 5.91 Å². The molecule has 2 aromatic rings. The van der Waals surface area contributed by atoms with Crippen molar-refractivity contribution >= 4 is 11.7 Å². The molecule has 1 atom stereocenters. The number of likely N-dealkylation sites (tertiary alicyclic amines) is 1. The maximum Gasteiger partial charge on any atom is 0.232 e. The summed E-state index contributed by atoms with van der Waals surface area (Å²) in [7, 11) is 1.75. The second-order valence-corrected chi connectivity index (χ2v) is 5.69. The van der Waals surface area contributed by atoms with E-state index >= 15 is 0 Å². The smallest absolute Gasteiger partial charge is 0.232 e. The summed E-state index contributed by atoms with van der Waals surface area (Å²) < 4.78 is 4.81. The molecule has 0 aromatic carbocycles. The molecule has 1 amide bonds. The quantitative estimate of drug-likeness (QED) is 0.863. The second kappa shape index (κ2) is 6.70. The van der Waals surface area contributed by atoms with Gasteiger partial charge >= 0.3 is 0 Å². The molecule has 0 aliphatic carbocycles. The van der Waals surface area contributed by atoms with E-state index in [2.05, 4.69) is 21.1 Å². The van der Waals surface area contributed by atoms with Gasteiger partial charge in [-0.2, -0.15) is 0 Å². The van der Waals surface area contributed by atoms with E-state index in [9.17, 15) is 4.79 Å². The van der Waals surface area contributed by atoms with Gasteiger partial charge in [0.15, 0.2) is 5.82 Å². The van der Waals surface area contributed by atoms with Crippen LogP contribution in [0.2, 0.25) is 0 Å². The van der Waals surface area contributed by atoms with Crippen LogP contribution in [0.25, 0.3) is 0 Å². The molecular formula is C16H20N4O2. The molecule has 3 heterocycles. The Morgan fingerprint density at radius 2 is 2.41 bits per heavy atom. The van der Waals surface area contributed by atoms with Gasteiger partial charge in [0.1, 0.15) is 6.26 Å². The number of aromatic nitrogens is 2. The number of pyridine rings is 1. The minimum absolute atomic E-state index is 0.00659. The summed E-state index contributed by atoms with van der Waals surface area (Å²) in [5, 5.41) is 3.83. The van der Waals surface area contributed by atoms with Crippen LogP contribution in [0.5, 0.6) is 0 Å². The maximum atomic E-state index is 12.6. The second-order valence-electron chi connectivity index (χ2n) is 5.69. The Bertz CT molecular complexity index is 600. The third-order valence-electron chi connectivity index (χ3n) is 4.08. The van der Waals surface area contributed by atoms with E-state index in [1.54, 1.807) is 24.2 Å². The Hall–Kier alpha value is -2.21. The standard InChI is InChI=1S/C16H20N4O2/c1-19(15-6-9-22-18-15)16(21)14-5-3-8-20(12-14)11-13-4-2-7-17-10-13/h2,4,6-7,9-10,14H,3,5,8,11-12H2,1H3. The average Bonchev–Trinajstić information content (AvgIpc) is 3.09. The van der Waals surface area contributed by atoms with Gasteiger partial charge in [0.05, 0.1) is 5.92 Å². The highest BCUT2D eigenvalue weighted by atomic mass is 16.5. The Morgan fingerprint density at radius 3 is 3.14 bits per heavy atom. The normalized spacial score (nSPS) is 19.0. The van der Waals surface area contributed by atoms with Crippen LogP contribution in [0, 0.1) is 5.92 Å². The van der Waals surface area contributed by atoms with E-state index in [0.717, 1.165) is 32.5 Å². The first kappa shape index (κ1) is 14.7. The van der Waals surface area contributed by atoms with Gasteiger partial charge in [-0.1, -0.05) is 11.2 Å². The van der Waals surface area contributed by atoms with Crippen molar-refractivity contribution in [1.82, 2.24) is 15.0 Å². The number of rotatable bonds is 4. The first-order chi connectivity index (χ1) is 10.7. The van der Waals surface area contributed by atoms with Crippen molar-refractivity contribution in [3.8, 4) is 0 Å². The molecule has 6 nitrogen and oxygen atoms in total. The fourth-order valence-corrected chi connectivity index (χ4v) is 2.92. The van der Waals surface area contributed by atoms with Gasteiger partial charge in [0, 0.05) is 38.6 Å². The number of amides is 1. The van der Waals surface area contributed by atoms with Crippen molar-refractivity contribution in [3.63, 3.8) is 0 Å². The lowest BCUT2D eigenvalue weighted by molar-refractivity contribution is -0.123. The number of carbonyl (C=O) groups excluding carboxylic acids is 1. The van der Waals surface area contributed by atoms with Crippen LogP contribution in [0.3, 0.4) is 0 Å². The molecule has 0 saturated carbocycles. The molecule has 22 heavy (non-hydrogen) atoms. The van der Waals surface area contributed by atoms with E-state index in [4.69, 9.17) is 4.52 Å². The van der Waals surface area contributed by atoms with Crippen LogP contribution in [0.15, 0.2) is 41.4 Å². The van der Waals surface area contributed by atoms with Crippen LogP contribution < -0.4 is 4.90 Å². The highest BCUT2D eigenvalue weighted by molar-refractivity contribution is 5.93. The van der Waals surface area contributed by atoms with Crippen molar-refractivity contribution < 1.29 is 9.32 Å².